The summed E-state index contributed by atoms with van der Waals surface area (Å²) in [5.74, 6) is -1.78. The molecular weight excluding hydrogens is 332 g/mol. The van der Waals surface area contributed by atoms with E-state index >= 15 is 0 Å². The van der Waals surface area contributed by atoms with Gasteiger partial charge in [0.1, 0.15) is 16.6 Å². The highest BCUT2D eigenvalue weighted by Crippen LogP contribution is 2.33. The number of halogens is 2. The third-order valence-corrected chi connectivity index (χ3v) is 4.98. The predicted molar refractivity (Wildman–Crippen MR) is 89.4 cm³/mol. The summed E-state index contributed by atoms with van der Waals surface area (Å²) in [7, 11) is 0. The lowest BCUT2D eigenvalue weighted by Gasteiger charge is -2.34. The second-order valence-corrected chi connectivity index (χ2v) is 6.64. The standard InChI is InChI=1S/C17H15F2N3OS/c1-10-8-13(11-2-3-12(18)15(19)16(11)21-10)22-5-6-23-14(9-22)17-20-4-7-24-17/h2-4,7-8,14H,5-6,9H2,1H3. The van der Waals surface area contributed by atoms with Crippen LogP contribution in [0.25, 0.3) is 10.9 Å². The number of rotatable bonds is 2. The summed E-state index contributed by atoms with van der Waals surface area (Å²) in [6.45, 7) is 3.63. The van der Waals surface area contributed by atoms with E-state index < -0.39 is 11.6 Å². The average Bonchev–Trinajstić information content (AvgIpc) is 3.13. The van der Waals surface area contributed by atoms with E-state index in [0.29, 0.717) is 30.8 Å². The van der Waals surface area contributed by atoms with Crippen LogP contribution in [0.1, 0.15) is 16.8 Å². The van der Waals surface area contributed by atoms with E-state index in [2.05, 4.69) is 14.9 Å². The first kappa shape index (κ1) is 15.4. The fourth-order valence-corrected chi connectivity index (χ4v) is 3.69. The van der Waals surface area contributed by atoms with Crippen LogP contribution in [0.5, 0.6) is 0 Å². The first-order valence-corrected chi connectivity index (χ1v) is 8.53. The molecule has 4 nitrogen and oxygen atoms in total. The zero-order valence-corrected chi connectivity index (χ0v) is 13.8. The number of pyridine rings is 1. The Bertz CT molecular complexity index is 885. The van der Waals surface area contributed by atoms with Gasteiger partial charge < -0.3 is 9.64 Å². The van der Waals surface area contributed by atoms with Gasteiger partial charge in [0.05, 0.1) is 13.2 Å². The zero-order valence-electron chi connectivity index (χ0n) is 13.0. The lowest BCUT2D eigenvalue weighted by molar-refractivity contribution is 0.0397. The van der Waals surface area contributed by atoms with Gasteiger partial charge in [0.2, 0.25) is 0 Å². The van der Waals surface area contributed by atoms with Gasteiger partial charge in [-0.1, -0.05) is 0 Å². The van der Waals surface area contributed by atoms with E-state index in [9.17, 15) is 8.78 Å². The van der Waals surface area contributed by atoms with Crippen molar-refractivity contribution in [2.45, 2.75) is 13.0 Å². The fraction of sp³-hybridized carbons (Fsp3) is 0.294. The van der Waals surface area contributed by atoms with Crippen molar-refractivity contribution in [2.24, 2.45) is 0 Å². The number of hydrogen-bond acceptors (Lipinski definition) is 5. The van der Waals surface area contributed by atoms with Crippen LogP contribution >= 0.6 is 11.3 Å². The summed E-state index contributed by atoms with van der Waals surface area (Å²) >= 11 is 1.55. The van der Waals surface area contributed by atoms with E-state index in [1.165, 1.54) is 0 Å². The number of nitrogens with zero attached hydrogens (tertiary/aromatic N) is 3. The monoisotopic (exact) mass is 347 g/mol. The minimum atomic E-state index is -0.901. The maximum absolute atomic E-state index is 14.1. The van der Waals surface area contributed by atoms with Gasteiger partial charge >= 0.3 is 0 Å². The van der Waals surface area contributed by atoms with E-state index in [4.69, 9.17) is 4.74 Å². The van der Waals surface area contributed by atoms with Crippen molar-refractivity contribution in [1.29, 1.82) is 0 Å². The van der Waals surface area contributed by atoms with Crippen LogP contribution in [0.2, 0.25) is 0 Å². The van der Waals surface area contributed by atoms with Crippen LogP contribution in [0.4, 0.5) is 14.5 Å². The molecule has 0 spiro atoms. The molecule has 0 N–H and O–H groups in total. The quantitative estimate of drug-likeness (QED) is 0.706. The van der Waals surface area contributed by atoms with Crippen molar-refractivity contribution in [3.8, 4) is 0 Å². The second-order valence-electron chi connectivity index (χ2n) is 5.72. The number of hydrogen-bond donors (Lipinski definition) is 0. The summed E-state index contributed by atoms with van der Waals surface area (Å²) < 4.78 is 33.5. The van der Waals surface area contributed by atoms with Gasteiger partial charge in [0, 0.05) is 34.9 Å². The van der Waals surface area contributed by atoms with E-state index in [1.54, 1.807) is 30.5 Å². The van der Waals surface area contributed by atoms with Crippen molar-refractivity contribution in [3.63, 3.8) is 0 Å². The zero-order chi connectivity index (χ0) is 16.7. The summed E-state index contributed by atoms with van der Waals surface area (Å²) in [6, 6.07) is 4.64. The van der Waals surface area contributed by atoms with Crippen LogP contribution in [0.15, 0.2) is 29.8 Å². The van der Waals surface area contributed by atoms with Crippen molar-refractivity contribution in [1.82, 2.24) is 9.97 Å². The Balaban J connectivity index is 1.77. The molecule has 0 bridgehead atoms. The highest BCUT2D eigenvalue weighted by Gasteiger charge is 2.26. The first-order valence-electron chi connectivity index (χ1n) is 7.65. The summed E-state index contributed by atoms with van der Waals surface area (Å²) in [5.41, 5.74) is 1.57. The van der Waals surface area contributed by atoms with Gasteiger partial charge in [-0.15, -0.1) is 11.3 Å². The van der Waals surface area contributed by atoms with Gasteiger partial charge in [0.25, 0.3) is 0 Å². The minimum absolute atomic E-state index is 0.0716. The van der Waals surface area contributed by atoms with Crippen molar-refractivity contribution >= 4 is 27.9 Å². The Morgan fingerprint density at radius 3 is 3.00 bits per heavy atom. The first-order chi connectivity index (χ1) is 11.6. The van der Waals surface area contributed by atoms with Crippen LogP contribution in [0, 0.1) is 18.6 Å². The van der Waals surface area contributed by atoms with Crippen LogP contribution < -0.4 is 4.90 Å². The van der Waals surface area contributed by atoms with E-state index in [0.717, 1.165) is 16.8 Å². The van der Waals surface area contributed by atoms with Gasteiger partial charge in [-0.2, -0.15) is 0 Å². The number of aryl methyl sites for hydroxylation is 1. The number of anilines is 1. The number of benzene rings is 1. The fourth-order valence-electron chi connectivity index (χ4n) is 3.01. The predicted octanol–water partition coefficient (Wildman–Crippen LogP) is 3.86. The van der Waals surface area contributed by atoms with Crippen LogP contribution in [-0.2, 0) is 4.74 Å². The SMILES string of the molecule is Cc1cc(N2CCOC(c3nccs3)C2)c2ccc(F)c(F)c2n1. The Morgan fingerprint density at radius 2 is 2.21 bits per heavy atom. The summed E-state index contributed by atoms with van der Waals surface area (Å²) in [6.07, 6.45) is 1.64. The molecule has 2 aromatic heterocycles. The molecule has 0 radical (unpaired) electrons. The van der Waals surface area contributed by atoms with E-state index in [1.807, 2.05) is 11.4 Å². The number of fused-ring (bicyclic) bond motifs is 1. The molecule has 1 saturated heterocycles. The molecule has 0 saturated carbocycles. The molecule has 0 aliphatic carbocycles. The maximum Gasteiger partial charge on any atom is 0.185 e. The Labute approximate surface area is 141 Å². The molecule has 24 heavy (non-hydrogen) atoms. The third-order valence-electron chi connectivity index (χ3n) is 4.11. The Hall–Kier alpha value is -2.12. The van der Waals surface area contributed by atoms with Gasteiger partial charge in [-0.3, -0.25) is 0 Å². The molecule has 1 aliphatic heterocycles. The molecule has 1 aliphatic rings. The highest BCUT2D eigenvalue weighted by atomic mass is 32.1. The number of thiazole rings is 1. The minimum Gasteiger partial charge on any atom is -0.367 e. The number of morpholine rings is 1. The highest BCUT2D eigenvalue weighted by molar-refractivity contribution is 7.09. The van der Waals surface area contributed by atoms with Crippen molar-refractivity contribution in [3.05, 3.63) is 52.1 Å². The lowest BCUT2D eigenvalue weighted by Crippen LogP contribution is -2.38. The topological polar surface area (TPSA) is 38.2 Å². The summed E-state index contributed by atoms with van der Waals surface area (Å²) in [5, 5.41) is 3.45. The van der Waals surface area contributed by atoms with Gasteiger partial charge in [-0.05, 0) is 25.1 Å². The molecule has 7 heteroatoms. The normalized spacial score (nSPS) is 18.3. The molecule has 1 aromatic carbocycles. The number of aromatic nitrogens is 2. The van der Waals surface area contributed by atoms with Crippen molar-refractivity contribution in [2.75, 3.05) is 24.6 Å². The third kappa shape index (κ3) is 2.63. The van der Waals surface area contributed by atoms with Gasteiger partial charge in [0.15, 0.2) is 11.6 Å². The molecule has 4 rings (SSSR count). The van der Waals surface area contributed by atoms with Gasteiger partial charge in [-0.25, -0.2) is 18.7 Å². The molecule has 3 aromatic rings. The molecule has 0 amide bonds. The van der Waals surface area contributed by atoms with Crippen molar-refractivity contribution < 1.29 is 13.5 Å². The smallest absolute Gasteiger partial charge is 0.185 e. The largest absolute Gasteiger partial charge is 0.367 e. The average molecular weight is 347 g/mol. The molecular formula is C17H15F2N3OS. The van der Waals surface area contributed by atoms with E-state index in [-0.39, 0.29) is 11.6 Å². The number of ether oxygens (including phenoxy) is 1. The molecule has 1 atom stereocenters. The Kier molecular flexibility index (Phi) is 3.90. The van der Waals surface area contributed by atoms with Crippen LogP contribution in [-0.4, -0.2) is 29.7 Å². The molecule has 1 unspecified atom stereocenters. The lowest BCUT2D eigenvalue weighted by atomic mass is 10.1. The molecule has 1 fully saturated rings. The maximum atomic E-state index is 14.1. The Morgan fingerprint density at radius 1 is 1.33 bits per heavy atom. The second kappa shape index (κ2) is 6.07. The van der Waals surface area contributed by atoms with Crippen LogP contribution in [0.3, 0.4) is 0 Å². The summed E-state index contributed by atoms with van der Waals surface area (Å²) in [4.78, 5) is 10.6. The molecule has 124 valence electrons. The molecule has 3 heterocycles.